The lowest BCUT2D eigenvalue weighted by molar-refractivity contribution is -0.142. The number of carboxylic acid groups (broad SMARTS) is 1. The molecule has 1 N–H and O–H groups in total. The number of fused-ring (bicyclic) bond motifs is 1. The Bertz CT molecular complexity index is 567. The van der Waals surface area contributed by atoms with Gasteiger partial charge in [0, 0.05) is 18.2 Å². The van der Waals surface area contributed by atoms with Crippen LogP contribution in [0.3, 0.4) is 0 Å². The van der Waals surface area contributed by atoms with Crippen LogP contribution in [0.5, 0.6) is 0 Å². The molecule has 20 heavy (non-hydrogen) atoms. The summed E-state index contributed by atoms with van der Waals surface area (Å²) in [6, 6.07) is 0. The molecule has 0 unspecified atom stereocenters. The SMILES string of the molecule is CC(=O)OCC1=C(C(=O)O)N2C(=O)C(=C(Br)Br)[C@H]2SC1. The van der Waals surface area contributed by atoms with Gasteiger partial charge in [-0.2, -0.15) is 0 Å². The van der Waals surface area contributed by atoms with Gasteiger partial charge in [0.2, 0.25) is 0 Å². The average molecular weight is 427 g/mol. The highest BCUT2D eigenvalue weighted by Gasteiger charge is 2.50. The molecular weight excluding hydrogens is 418 g/mol. The molecule has 0 saturated carbocycles. The summed E-state index contributed by atoms with van der Waals surface area (Å²) >= 11 is 7.77. The lowest BCUT2D eigenvalue weighted by Crippen LogP contribution is -2.56. The van der Waals surface area contributed by atoms with Crippen molar-refractivity contribution in [2.45, 2.75) is 12.3 Å². The largest absolute Gasteiger partial charge is 0.477 e. The first-order valence-corrected chi connectivity index (χ1v) is 8.07. The smallest absolute Gasteiger partial charge is 0.352 e. The van der Waals surface area contributed by atoms with E-state index in [9.17, 15) is 19.5 Å². The zero-order valence-electron chi connectivity index (χ0n) is 10.2. The van der Waals surface area contributed by atoms with E-state index in [1.807, 2.05) is 0 Å². The first-order chi connectivity index (χ1) is 9.34. The average Bonchev–Trinajstić information content (AvgIpc) is 2.34. The highest BCUT2D eigenvalue weighted by Crippen LogP contribution is 2.46. The number of carbonyl (C=O) groups is 3. The number of nitrogens with zero attached hydrogens (tertiary/aromatic N) is 1. The van der Waals surface area contributed by atoms with E-state index in [0.29, 0.717) is 20.3 Å². The maximum absolute atomic E-state index is 12.0. The van der Waals surface area contributed by atoms with Gasteiger partial charge in [0.1, 0.15) is 17.7 Å². The molecule has 1 amide bonds. The van der Waals surface area contributed by atoms with Gasteiger partial charge >= 0.3 is 11.9 Å². The fourth-order valence-corrected chi connectivity index (χ4v) is 4.32. The highest BCUT2D eigenvalue weighted by atomic mass is 79.9. The number of rotatable bonds is 3. The molecule has 2 aliphatic rings. The van der Waals surface area contributed by atoms with Crippen LogP contribution in [0.1, 0.15) is 6.92 Å². The summed E-state index contributed by atoms with van der Waals surface area (Å²) in [6.45, 7) is 1.13. The number of β-lactam (4-membered cyclic amide) rings is 1. The van der Waals surface area contributed by atoms with Gasteiger partial charge in [-0.3, -0.25) is 14.5 Å². The molecule has 2 aliphatic heterocycles. The Morgan fingerprint density at radius 3 is 2.65 bits per heavy atom. The molecule has 0 radical (unpaired) electrons. The third kappa shape index (κ3) is 2.66. The Balaban J connectivity index is 2.33. The van der Waals surface area contributed by atoms with Crippen LogP contribution in [0.15, 0.2) is 20.2 Å². The molecule has 1 fully saturated rings. The van der Waals surface area contributed by atoms with Crippen molar-refractivity contribution in [3.8, 4) is 0 Å². The zero-order valence-corrected chi connectivity index (χ0v) is 14.2. The highest BCUT2D eigenvalue weighted by molar-refractivity contribution is 9.28. The number of thioether (sulfide) groups is 1. The fraction of sp³-hybridized carbons (Fsp3) is 0.364. The summed E-state index contributed by atoms with van der Waals surface area (Å²) in [6.07, 6.45) is 0. The van der Waals surface area contributed by atoms with Crippen LogP contribution in [0, 0.1) is 0 Å². The van der Waals surface area contributed by atoms with Gasteiger partial charge in [-0.05, 0) is 31.9 Å². The fourth-order valence-electron chi connectivity index (χ4n) is 1.93. The Morgan fingerprint density at radius 2 is 2.15 bits per heavy atom. The maximum Gasteiger partial charge on any atom is 0.352 e. The standard InChI is InChI=1S/C11H9Br2NO5S/c1-4(15)19-2-5-3-20-10-6(8(12)13)9(16)14(10)7(5)11(17)18/h10H,2-3H2,1H3,(H,17,18)/t10-/m1/s1. The molecule has 6 nitrogen and oxygen atoms in total. The van der Waals surface area contributed by atoms with Crippen molar-refractivity contribution in [3.63, 3.8) is 0 Å². The number of halogens is 2. The van der Waals surface area contributed by atoms with E-state index >= 15 is 0 Å². The summed E-state index contributed by atoms with van der Waals surface area (Å²) in [5, 5.41) is 8.97. The number of ether oxygens (including phenoxy) is 1. The van der Waals surface area contributed by atoms with Crippen LogP contribution in [-0.4, -0.2) is 45.6 Å². The van der Waals surface area contributed by atoms with E-state index in [0.717, 1.165) is 0 Å². The van der Waals surface area contributed by atoms with Crippen molar-refractivity contribution in [3.05, 3.63) is 20.2 Å². The van der Waals surface area contributed by atoms with Crippen molar-refractivity contribution >= 4 is 61.5 Å². The minimum atomic E-state index is -1.20. The molecular formula is C11H9Br2NO5S. The van der Waals surface area contributed by atoms with Crippen LogP contribution in [0.4, 0.5) is 0 Å². The van der Waals surface area contributed by atoms with Gasteiger partial charge in [0.05, 0.1) is 8.96 Å². The Morgan fingerprint density at radius 1 is 1.50 bits per heavy atom. The van der Waals surface area contributed by atoms with Gasteiger partial charge < -0.3 is 9.84 Å². The van der Waals surface area contributed by atoms with Gasteiger partial charge in [-0.15, -0.1) is 11.8 Å². The first-order valence-electron chi connectivity index (χ1n) is 5.43. The van der Waals surface area contributed by atoms with Crippen molar-refractivity contribution in [2.75, 3.05) is 12.4 Å². The number of hydrogen-bond acceptors (Lipinski definition) is 5. The van der Waals surface area contributed by atoms with Crippen molar-refractivity contribution in [1.29, 1.82) is 0 Å². The van der Waals surface area contributed by atoms with E-state index in [1.165, 1.54) is 23.6 Å². The predicted octanol–water partition coefficient (Wildman–Crippen LogP) is 1.80. The second kappa shape index (κ2) is 5.90. The van der Waals surface area contributed by atoms with E-state index in [1.54, 1.807) is 0 Å². The minimum Gasteiger partial charge on any atom is -0.477 e. The van der Waals surface area contributed by atoms with Gasteiger partial charge in [0.25, 0.3) is 5.91 Å². The molecule has 9 heteroatoms. The van der Waals surface area contributed by atoms with E-state index in [2.05, 4.69) is 31.9 Å². The molecule has 0 aromatic carbocycles. The number of carbonyl (C=O) groups excluding carboxylic acids is 2. The van der Waals surface area contributed by atoms with Crippen LogP contribution < -0.4 is 0 Å². The molecule has 0 spiro atoms. The molecule has 108 valence electrons. The number of carboxylic acids is 1. The van der Waals surface area contributed by atoms with Crippen LogP contribution in [-0.2, 0) is 19.1 Å². The number of aliphatic carboxylic acids is 1. The monoisotopic (exact) mass is 425 g/mol. The van der Waals surface area contributed by atoms with Gasteiger partial charge in [0.15, 0.2) is 0 Å². The molecule has 2 rings (SSSR count). The van der Waals surface area contributed by atoms with Gasteiger partial charge in [-0.25, -0.2) is 4.79 Å². The lowest BCUT2D eigenvalue weighted by atomic mass is 10.0. The second-order valence-corrected chi connectivity index (χ2v) is 7.77. The number of esters is 1. The Hall–Kier alpha value is -0.800. The molecule has 2 heterocycles. The summed E-state index contributed by atoms with van der Waals surface area (Å²) in [4.78, 5) is 35.5. The topological polar surface area (TPSA) is 83.9 Å². The molecule has 0 aliphatic carbocycles. The normalized spacial score (nSPS) is 21.4. The van der Waals surface area contributed by atoms with Crippen LogP contribution in [0.2, 0.25) is 0 Å². The molecule has 1 atom stereocenters. The van der Waals surface area contributed by atoms with Crippen LogP contribution >= 0.6 is 43.6 Å². The van der Waals surface area contributed by atoms with Crippen molar-refractivity contribution in [2.24, 2.45) is 0 Å². The van der Waals surface area contributed by atoms with Gasteiger partial charge in [-0.1, -0.05) is 0 Å². The Labute approximate surface area is 135 Å². The molecule has 0 bridgehead atoms. The summed E-state index contributed by atoms with van der Waals surface area (Å²) in [5.74, 6) is -1.67. The maximum atomic E-state index is 12.0. The summed E-state index contributed by atoms with van der Waals surface area (Å²) in [5.41, 5.74) is 0.831. The first kappa shape index (κ1) is 15.6. The van der Waals surface area contributed by atoms with Crippen LogP contribution in [0.25, 0.3) is 0 Å². The summed E-state index contributed by atoms with van der Waals surface area (Å²) in [7, 11) is 0. The third-order valence-corrected chi connectivity index (χ3v) is 4.91. The van der Waals surface area contributed by atoms with E-state index in [-0.39, 0.29) is 23.6 Å². The quantitative estimate of drug-likeness (QED) is 0.421. The summed E-state index contributed by atoms with van der Waals surface area (Å²) < 4.78 is 5.36. The minimum absolute atomic E-state index is 0.0926. The van der Waals surface area contributed by atoms with Crippen molar-refractivity contribution < 1.29 is 24.2 Å². The zero-order chi connectivity index (χ0) is 15.0. The second-order valence-electron chi connectivity index (χ2n) is 4.05. The molecule has 0 aromatic rings. The van der Waals surface area contributed by atoms with Crippen molar-refractivity contribution in [1.82, 2.24) is 4.90 Å². The predicted molar refractivity (Wildman–Crippen MR) is 79.3 cm³/mol. The lowest BCUT2D eigenvalue weighted by Gasteiger charge is -2.45. The third-order valence-electron chi connectivity index (χ3n) is 2.78. The Kier molecular flexibility index (Phi) is 4.60. The van der Waals surface area contributed by atoms with E-state index < -0.39 is 11.9 Å². The van der Waals surface area contributed by atoms with E-state index in [4.69, 9.17) is 4.74 Å². The number of amides is 1. The molecule has 1 saturated heterocycles. The number of hydrogen-bond donors (Lipinski definition) is 1. The molecule has 0 aromatic heterocycles.